The van der Waals surface area contributed by atoms with E-state index < -0.39 is 0 Å². The molecule has 0 bridgehead atoms. The van der Waals surface area contributed by atoms with Gasteiger partial charge in [-0.15, -0.1) is 0 Å². The standard InChI is InChI=1S/C18H22N2O2/c1-14-5-3-7-16(11-14)20-18(21)13-19-10-9-15-6-4-8-17(12-15)22-2/h3-8,11-12,19H,9-10,13H2,1-2H3,(H,20,21). The van der Waals surface area contributed by atoms with Gasteiger partial charge in [0, 0.05) is 5.69 Å². The summed E-state index contributed by atoms with van der Waals surface area (Å²) in [4.78, 5) is 11.8. The number of carbonyl (C=O) groups excluding carboxylic acids is 1. The predicted molar refractivity (Wildman–Crippen MR) is 89.4 cm³/mol. The first-order valence-corrected chi connectivity index (χ1v) is 7.37. The first-order valence-electron chi connectivity index (χ1n) is 7.37. The summed E-state index contributed by atoms with van der Waals surface area (Å²) in [6, 6.07) is 15.7. The van der Waals surface area contributed by atoms with Gasteiger partial charge in [0.25, 0.3) is 0 Å². The predicted octanol–water partition coefficient (Wildman–Crippen LogP) is 2.77. The van der Waals surface area contributed by atoms with Gasteiger partial charge in [-0.05, 0) is 55.3 Å². The zero-order valence-corrected chi connectivity index (χ0v) is 13.1. The first kappa shape index (κ1) is 16.0. The number of amides is 1. The minimum Gasteiger partial charge on any atom is -0.497 e. The minimum atomic E-state index is -0.0313. The lowest BCUT2D eigenvalue weighted by atomic mass is 10.1. The number of hydrogen-bond acceptors (Lipinski definition) is 3. The Bertz CT molecular complexity index is 626. The Balaban J connectivity index is 1.70. The van der Waals surface area contributed by atoms with Crippen LogP contribution in [0, 0.1) is 6.92 Å². The van der Waals surface area contributed by atoms with Gasteiger partial charge in [0.1, 0.15) is 5.75 Å². The van der Waals surface area contributed by atoms with Gasteiger partial charge in [0.2, 0.25) is 5.91 Å². The minimum absolute atomic E-state index is 0.0313. The van der Waals surface area contributed by atoms with Crippen molar-refractivity contribution in [3.8, 4) is 5.75 Å². The number of carbonyl (C=O) groups is 1. The number of rotatable bonds is 7. The molecule has 0 saturated heterocycles. The van der Waals surface area contributed by atoms with Crippen molar-refractivity contribution >= 4 is 11.6 Å². The fraction of sp³-hybridized carbons (Fsp3) is 0.278. The number of anilines is 1. The van der Waals surface area contributed by atoms with E-state index in [0.717, 1.165) is 30.0 Å². The molecule has 0 unspecified atom stereocenters. The van der Waals surface area contributed by atoms with Gasteiger partial charge in [0.15, 0.2) is 0 Å². The fourth-order valence-corrected chi connectivity index (χ4v) is 2.19. The molecule has 2 N–H and O–H groups in total. The van der Waals surface area contributed by atoms with E-state index in [2.05, 4.69) is 16.7 Å². The zero-order chi connectivity index (χ0) is 15.8. The molecule has 0 aliphatic rings. The highest BCUT2D eigenvalue weighted by atomic mass is 16.5. The monoisotopic (exact) mass is 298 g/mol. The highest BCUT2D eigenvalue weighted by Crippen LogP contribution is 2.12. The molecule has 0 spiro atoms. The summed E-state index contributed by atoms with van der Waals surface area (Å²) in [5.41, 5.74) is 3.15. The van der Waals surface area contributed by atoms with Crippen LogP contribution in [0.4, 0.5) is 5.69 Å². The van der Waals surface area contributed by atoms with E-state index >= 15 is 0 Å². The molecule has 0 aliphatic heterocycles. The van der Waals surface area contributed by atoms with Gasteiger partial charge in [-0.2, -0.15) is 0 Å². The van der Waals surface area contributed by atoms with E-state index in [9.17, 15) is 4.79 Å². The van der Waals surface area contributed by atoms with Crippen LogP contribution in [-0.4, -0.2) is 26.1 Å². The van der Waals surface area contributed by atoms with Crippen molar-refractivity contribution in [2.24, 2.45) is 0 Å². The van der Waals surface area contributed by atoms with Gasteiger partial charge < -0.3 is 15.4 Å². The van der Waals surface area contributed by atoms with Gasteiger partial charge in [-0.1, -0.05) is 24.3 Å². The van der Waals surface area contributed by atoms with Gasteiger partial charge in [-0.3, -0.25) is 4.79 Å². The van der Waals surface area contributed by atoms with E-state index in [0.29, 0.717) is 6.54 Å². The van der Waals surface area contributed by atoms with Gasteiger partial charge in [0.05, 0.1) is 13.7 Å². The van der Waals surface area contributed by atoms with Crippen molar-refractivity contribution in [2.75, 3.05) is 25.5 Å². The number of benzene rings is 2. The van der Waals surface area contributed by atoms with Crippen LogP contribution in [0.25, 0.3) is 0 Å². The third kappa shape index (κ3) is 5.22. The second kappa shape index (κ2) is 8.20. The lowest BCUT2D eigenvalue weighted by Crippen LogP contribution is -2.29. The van der Waals surface area contributed by atoms with Crippen molar-refractivity contribution in [1.82, 2.24) is 5.32 Å². The summed E-state index contributed by atoms with van der Waals surface area (Å²) in [6.07, 6.45) is 0.856. The maximum absolute atomic E-state index is 11.8. The molecule has 22 heavy (non-hydrogen) atoms. The van der Waals surface area contributed by atoms with Crippen LogP contribution in [0.2, 0.25) is 0 Å². The van der Waals surface area contributed by atoms with Crippen LogP contribution >= 0.6 is 0 Å². The Morgan fingerprint density at radius 1 is 1.14 bits per heavy atom. The summed E-state index contributed by atoms with van der Waals surface area (Å²) < 4.78 is 5.19. The SMILES string of the molecule is COc1cccc(CCNCC(=O)Nc2cccc(C)c2)c1. The second-order valence-corrected chi connectivity index (χ2v) is 5.20. The molecule has 0 heterocycles. The van der Waals surface area contributed by atoms with Crippen molar-refractivity contribution in [3.05, 3.63) is 59.7 Å². The Labute approximate surface area is 131 Å². The van der Waals surface area contributed by atoms with Crippen molar-refractivity contribution in [3.63, 3.8) is 0 Å². The molecule has 2 rings (SSSR count). The second-order valence-electron chi connectivity index (χ2n) is 5.20. The molecule has 0 aliphatic carbocycles. The molecule has 2 aromatic carbocycles. The number of methoxy groups -OCH3 is 1. The van der Waals surface area contributed by atoms with Crippen LogP contribution in [0.1, 0.15) is 11.1 Å². The average Bonchev–Trinajstić information content (AvgIpc) is 2.52. The van der Waals surface area contributed by atoms with E-state index in [-0.39, 0.29) is 5.91 Å². The lowest BCUT2D eigenvalue weighted by molar-refractivity contribution is -0.115. The first-order chi connectivity index (χ1) is 10.7. The Hall–Kier alpha value is -2.33. The smallest absolute Gasteiger partial charge is 0.238 e. The summed E-state index contributed by atoms with van der Waals surface area (Å²) in [5, 5.41) is 6.03. The molecule has 0 aromatic heterocycles. The molecular weight excluding hydrogens is 276 g/mol. The molecule has 1 amide bonds. The number of hydrogen-bond donors (Lipinski definition) is 2. The molecule has 4 nitrogen and oxygen atoms in total. The van der Waals surface area contributed by atoms with Crippen LogP contribution < -0.4 is 15.4 Å². The van der Waals surface area contributed by atoms with Crippen molar-refractivity contribution < 1.29 is 9.53 Å². The van der Waals surface area contributed by atoms with Crippen molar-refractivity contribution in [1.29, 1.82) is 0 Å². The summed E-state index contributed by atoms with van der Waals surface area (Å²) in [7, 11) is 1.66. The van der Waals surface area contributed by atoms with Crippen LogP contribution in [0.3, 0.4) is 0 Å². The maximum atomic E-state index is 11.8. The molecule has 4 heteroatoms. The molecule has 116 valence electrons. The fourth-order valence-electron chi connectivity index (χ4n) is 2.19. The maximum Gasteiger partial charge on any atom is 0.238 e. The normalized spacial score (nSPS) is 10.3. The lowest BCUT2D eigenvalue weighted by Gasteiger charge is -2.08. The summed E-state index contributed by atoms with van der Waals surface area (Å²) in [5.74, 6) is 0.825. The number of ether oxygens (including phenoxy) is 1. The highest BCUT2D eigenvalue weighted by molar-refractivity contribution is 5.92. The zero-order valence-electron chi connectivity index (χ0n) is 13.1. The van der Waals surface area contributed by atoms with Crippen LogP contribution in [0.15, 0.2) is 48.5 Å². The molecule has 0 saturated carbocycles. The molecule has 0 fully saturated rings. The average molecular weight is 298 g/mol. The summed E-state index contributed by atoms with van der Waals surface area (Å²) >= 11 is 0. The van der Waals surface area contributed by atoms with E-state index in [1.54, 1.807) is 7.11 Å². The number of nitrogens with one attached hydrogen (secondary N) is 2. The molecule has 0 radical (unpaired) electrons. The van der Waals surface area contributed by atoms with E-state index in [1.165, 1.54) is 5.56 Å². The molecule has 2 aromatic rings. The van der Waals surface area contributed by atoms with Gasteiger partial charge >= 0.3 is 0 Å². The van der Waals surface area contributed by atoms with Crippen molar-refractivity contribution in [2.45, 2.75) is 13.3 Å². The van der Waals surface area contributed by atoms with E-state index in [4.69, 9.17) is 4.74 Å². The van der Waals surface area contributed by atoms with E-state index in [1.807, 2.05) is 49.4 Å². The quantitative estimate of drug-likeness (QED) is 0.773. The highest BCUT2D eigenvalue weighted by Gasteiger charge is 2.02. The van der Waals surface area contributed by atoms with Crippen LogP contribution in [0.5, 0.6) is 5.75 Å². The molecule has 0 atom stereocenters. The largest absolute Gasteiger partial charge is 0.497 e. The summed E-state index contributed by atoms with van der Waals surface area (Å²) in [6.45, 7) is 3.05. The topological polar surface area (TPSA) is 50.4 Å². The molecular formula is C18H22N2O2. The Morgan fingerprint density at radius 3 is 2.73 bits per heavy atom. The Morgan fingerprint density at radius 2 is 1.95 bits per heavy atom. The van der Waals surface area contributed by atoms with Gasteiger partial charge in [-0.25, -0.2) is 0 Å². The third-order valence-electron chi connectivity index (χ3n) is 3.31. The third-order valence-corrected chi connectivity index (χ3v) is 3.31. The number of aryl methyl sites for hydroxylation is 1. The Kier molecular flexibility index (Phi) is 5.98. The van der Waals surface area contributed by atoms with Crippen LogP contribution in [-0.2, 0) is 11.2 Å².